The molecule has 0 aliphatic carbocycles. The van der Waals surface area contributed by atoms with Crippen LogP contribution in [0.5, 0.6) is 5.75 Å². The average Bonchev–Trinajstić information content (AvgIpc) is 2.39. The molecule has 1 aromatic rings. The van der Waals surface area contributed by atoms with Crippen LogP contribution < -0.4 is 15.8 Å². The number of nitrogens with one attached hydrogen (secondary N) is 1. The molecule has 0 unspecified atom stereocenters. The highest BCUT2D eigenvalue weighted by Crippen LogP contribution is 2.14. The van der Waals surface area contributed by atoms with E-state index in [9.17, 15) is 4.79 Å². The molecule has 1 amide bonds. The number of hydrogen-bond donors (Lipinski definition) is 2. The van der Waals surface area contributed by atoms with Gasteiger partial charge in [-0.15, -0.1) is 0 Å². The van der Waals surface area contributed by atoms with Crippen LogP contribution in [0, 0.1) is 0 Å². The van der Waals surface area contributed by atoms with Crippen LogP contribution in [0.1, 0.15) is 24.2 Å². The molecule has 5 heteroatoms. The Morgan fingerprint density at radius 1 is 1.37 bits per heavy atom. The molecular weight excluding hydrogens is 244 g/mol. The van der Waals surface area contributed by atoms with Crippen molar-refractivity contribution in [3.05, 3.63) is 29.8 Å². The van der Waals surface area contributed by atoms with Crippen molar-refractivity contribution in [2.45, 2.75) is 19.4 Å². The zero-order valence-corrected chi connectivity index (χ0v) is 11.7. The van der Waals surface area contributed by atoms with E-state index in [1.807, 2.05) is 13.8 Å². The topological polar surface area (TPSA) is 73.6 Å². The van der Waals surface area contributed by atoms with Crippen LogP contribution in [0.4, 0.5) is 0 Å². The molecule has 0 aliphatic rings. The van der Waals surface area contributed by atoms with E-state index in [0.29, 0.717) is 31.1 Å². The molecule has 0 aromatic heterocycles. The van der Waals surface area contributed by atoms with Crippen LogP contribution >= 0.6 is 0 Å². The fraction of sp³-hybridized carbons (Fsp3) is 0.500. The summed E-state index contributed by atoms with van der Waals surface area (Å²) in [6.07, 6.45) is 0. The second-order valence-electron chi connectivity index (χ2n) is 4.91. The minimum absolute atomic E-state index is 0.160. The third kappa shape index (κ3) is 5.28. The van der Waals surface area contributed by atoms with Gasteiger partial charge in [0, 0.05) is 24.8 Å². The molecule has 106 valence electrons. The third-order valence-corrected chi connectivity index (χ3v) is 2.61. The van der Waals surface area contributed by atoms with Gasteiger partial charge in [-0.3, -0.25) is 4.79 Å². The van der Waals surface area contributed by atoms with Gasteiger partial charge in [0.25, 0.3) is 5.91 Å². The van der Waals surface area contributed by atoms with Gasteiger partial charge in [0.15, 0.2) is 0 Å². The van der Waals surface area contributed by atoms with Gasteiger partial charge in [0.2, 0.25) is 0 Å². The standard InChI is InChI=1S/C14H22N2O3/c1-14(2,10-15)16-13(17)11-5-4-6-12(9-11)19-8-7-18-3/h4-6,9H,7-8,10,15H2,1-3H3,(H,16,17). The maximum absolute atomic E-state index is 12.1. The van der Waals surface area contributed by atoms with Gasteiger partial charge in [-0.2, -0.15) is 0 Å². The van der Waals surface area contributed by atoms with E-state index in [1.165, 1.54) is 0 Å². The van der Waals surface area contributed by atoms with E-state index >= 15 is 0 Å². The SMILES string of the molecule is COCCOc1cccc(C(=O)NC(C)(C)CN)c1. The van der Waals surface area contributed by atoms with Crippen LogP contribution in [0.2, 0.25) is 0 Å². The molecule has 0 radical (unpaired) electrons. The summed E-state index contributed by atoms with van der Waals surface area (Å²) < 4.78 is 10.4. The summed E-state index contributed by atoms with van der Waals surface area (Å²) in [5.41, 5.74) is 5.72. The average molecular weight is 266 g/mol. The summed E-state index contributed by atoms with van der Waals surface area (Å²) in [6.45, 7) is 5.10. The molecule has 0 bridgehead atoms. The van der Waals surface area contributed by atoms with Gasteiger partial charge < -0.3 is 20.5 Å². The predicted octanol–water partition coefficient (Wildman–Crippen LogP) is 1.18. The number of methoxy groups -OCH3 is 1. The monoisotopic (exact) mass is 266 g/mol. The summed E-state index contributed by atoms with van der Waals surface area (Å²) in [5, 5.41) is 2.87. The van der Waals surface area contributed by atoms with Crippen LogP contribution in [0.3, 0.4) is 0 Å². The van der Waals surface area contributed by atoms with E-state index in [1.54, 1.807) is 31.4 Å². The zero-order chi connectivity index (χ0) is 14.3. The van der Waals surface area contributed by atoms with Crippen molar-refractivity contribution in [3.8, 4) is 5.75 Å². The quantitative estimate of drug-likeness (QED) is 0.727. The van der Waals surface area contributed by atoms with Gasteiger partial charge in [-0.05, 0) is 32.0 Å². The number of rotatable bonds is 7. The number of benzene rings is 1. The highest BCUT2D eigenvalue weighted by molar-refractivity contribution is 5.95. The lowest BCUT2D eigenvalue weighted by Gasteiger charge is -2.24. The first kappa shape index (κ1) is 15.5. The normalized spacial score (nSPS) is 11.2. The minimum atomic E-state index is -0.427. The van der Waals surface area contributed by atoms with Crippen molar-refractivity contribution in [1.29, 1.82) is 0 Å². The first-order chi connectivity index (χ1) is 8.98. The Morgan fingerprint density at radius 3 is 2.74 bits per heavy atom. The lowest BCUT2D eigenvalue weighted by atomic mass is 10.1. The fourth-order valence-electron chi connectivity index (χ4n) is 1.40. The highest BCUT2D eigenvalue weighted by Gasteiger charge is 2.19. The second-order valence-corrected chi connectivity index (χ2v) is 4.91. The summed E-state index contributed by atoms with van der Waals surface area (Å²) in [6, 6.07) is 7.04. The van der Waals surface area contributed by atoms with E-state index in [4.69, 9.17) is 15.2 Å². The Kier molecular flexibility index (Phi) is 5.79. The van der Waals surface area contributed by atoms with Crippen LogP contribution in [-0.4, -0.2) is 38.3 Å². The van der Waals surface area contributed by atoms with Gasteiger partial charge >= 0.3 is 0 Å². The van der Waals surface area contributed by atoms with Gasteiger partial charge in [-0.1, -0.05) is 6.07 Å². The Bertz CT molecular complexity index is 419. The van der Waals surface area contributed by atoms with Gasteiger partial charge in [0.1, 0.15) is 12.4 Å². The molecular formula is C14H22N2O3. The molecule has 1 aromatic carbocycles. The third-order valence-electron chi connectivity index (χ3n) is 2.61. The first-order valence-corrected chi connectivity index (χ1v) is 6.23. The zero-order valence-electron chi connectivity index (χ0n) is 11.7. The van der Waals surface area contributed by atoms with Crippen molar-refractivity contribution in [2.24, 2.45) is 5.73 Å². The number of hydrogen-bond acceptors (Lipinski definition) is 4. The molecule has 0 atom stereocenters. The molecule has 0 spiro atoms. The van der Waals surface area contributed by atoms with Crippen molar-refractivity contribution in [1.82, 2.24) is 5.32 Å². The smallest absolute Gasteiger partial charge is 0.251 e. The first-order valence-electron chi connectivity index (χ1n) is 6.23. The lowest BCUT2D eigenvalue weighted by Crippen LogP contribution is -2.48. The number of carbonyl (C=O) groups is 1. The molecule has 0 fully saturated rings. The molecule has 1 rings (SSSR count). The van der Waals surface area contributed by atoms with Crippen molar-refractivity contribution >= 4 is 5.91 Å². The van der Waals surface area contributed by atoms with Crippen LogP contribution in [0.25, 0.3) is 0 Å². The lowest BCUT2D eigenvalue weighted by molar-refractivity contribution is 0.0915. The number of ether oxygens (including phenoxy) is 2. The molecule has 0 saturated heterocycles. The summed E-state index contributed by atoms with van der Waals surface area (Å²) in [7, 11) is 1.61. The number of nitrogens with two attached hydrogens (primary N) is 1. The summed E-state index contributed by atoms with van der Waals surface area (Å²) in [5.74, 6) is 0.489. The minimum Gasteiger partial charge on any atom is -0.491 e. The van der Waals surface area contributed by atoms with E-state index in [-0.39, 0.29) is 5.91 Å². The summed E-state index contributed by atoms with van der Waals surface area (Å²) >= 11 is 0. The van der Waals surface area contributed by atoms with E-state index in [2.05, 4.69) is 5.32 Å². The molecule has 0 saturated carbocycles. The molecule has 3 N–H and O–H groups in total. The molecule has 5 nitrogen and oxygen atoms in total. The largest absolute Gasteiger partial charge is 0.491 e. The number of amides is 1. The second kappa shape index (κ2) is 7.11. The van der Waals surface area contributed by atoms with Gasteiger partial charge in [0.05, 0.1) is 6.61 Å². The Labute approximate surface area is 114 Å². The summed E-state index contributed by atoms with van der Waals surface area (Å²) in [4.78, 5) is 12.1. The maximum Gasteiger partial charge on any atom is 0.251 e. The van der Waals surface area contributed by atoms with Gasteiger partial charge in [-0.25, -0.2) is 0 Å². The Balaban J connectivity index is 2.67. The van der Waals surface area contributed by atoms with Crippen molar-refractivity contribution in [3.63, 3.8) is 0 Å². The maximum atomic E-state index is 12.1. The highest BCUT2D eigenvalue weighted by atomic mass is 16.5. The number of carbonyl (C=O) groups excluding carboxylic acids is 1. The van der Waals surface area contributed by atoms with Crippen LogP contribution in [-0.2, 0) is 4.74 Å². The molecule has 19 heavy (non-hydrogen) atoms. The van der Waals surface area contributed by atoms with Crippen molar-refractivity contribution in [2.75, 3.05) is 26.9 Å². The van der Waals surface area contributed by atoms with Crippen molar-refractivity contribution < 1.29 is 14.3 Å². The Hall–Kier alpha value is -1.59. The molecule has 0 heterocycles. The van der Waals surface area contributed by atoms with E-state index in [0.717, 1.165) is 0 Å². The predicted molar refractivity (Wildman–Crippen MR) is 74.4 cm³/mol. The van der Waals surface area contributed by atoms with E-state index < -0.39 is 5.54 Å². The van der Waals surface area contributed by atoms with Crippen LogP contribution in [0.15, 0.2) is 24.3 Å². The molecule has 0 aliphatic heterocycles. The fourth-order valence-corrected chi connectivity index (χ4v) is 1.40. The Morgan fingerprint density at radius 2 is 2.11 bits per heavy atom.